The number of aromatic nitrogens is 2. The van der Waals surface area contributed by atoms with Crippen LogP contribution >= 0.6 is 0 Å². The second kappa shape index (κ2) is 7.19. The molecule has 1 fully saturated rings. The van der Waals surface area contributed by atoms with E-state index in [1.54, 1.807) is 11.6 Å². The molecule has 2 aromatic rings. The van der Waals surface area contributed by atoms with Crippen LogP contribution in [0, 0.1) is 0 Å². The molecule has 1 aliphatic rings. The number of hydrogen-bond acceptors (Lipinski definition) is 4. The number of fused-ring (bicyclic) bond motifs is 1. The lowest BCUT2D eigenvalue weighted by Gasteiger charge is -2.29. The van der Waals surface area contributed by atoms with Gasteiger partial charge in [-0.05, 0) is 19.1 Å². The summed E-state index contributed by atoms with van der Waals surface area (Å²) in [6.45, 7) is 6.08. The molecule has 0 radical (unpaired) electrons. The number of para-hydroxylation sites is 2. The van der Waals surface area contributed by atoms with Crippen LogP contribution in [-0.4, -0.2) is 58.8 Å². The van der Waals surface area contributed by atoms with Crippen molar-refractivity contribution in [3.63, 3.8) is 0 Å². The van der Waals surface area contributed by atoms with E-state index in [4.69, 9.17) is 4.74 Å². The third-order valence-corrected chi connectivity index (χ3v) is 4.40. The predicted octanol–water partition coefficient (Wildman–Crippen LogP) is 0.177. The molecule has 1 aromatic heterocycles. The number of morpholine rings is 1. The minimum atomic E-state index is -0.174. The Balaban J connectivity index is 1.65. The van der Waals surface area contributed by atoms with Gasteiger partial charge in [0.05, 0.1) is 24.2 Å². The summed E-state index contributed by atoms with van der Waals surface area (Å²) in [5.41, 5.74) is 1.44. The molecule has 0 aliphatic carbocycles. The molecule has 24 heavy (non-hydrogen) atoms. The van der Waals surface area contributed by atoms with E-state index in [0.717, 1.165) is 43.9 Å². The number of rotatable bonds is 5. The van der Waals surface area contributed by atoms with Gasteiger partial charge in [-0.2, -0.15) is 0 Å². The van der Waals surface area contributed by atoms with Crippen LogP contribution in [0.2, 0.25) is 0 Å². The summed E-state index contributed by atoms with van der Waals surface area (Å²) >= 11 is 0. The highest BCUT2D eigenvalue weighted by Crippen LogP contribution is 2.11. The molecule has 1 aromatic carbocycles. The van der Waals surface area contributed by atoms with Gasteiger partial charge in [0.2, 0.25) is 5.91 Å². The van der Waals surface area contributed by atoms with Gasteiger partial charge >= 0.3 is 5.69 Å². The van der Waals surface area contributed by atoms with Gasteiger partial charge in [-0.3, -0.25) is 18.8 Å². The minimum Gasteiger partial charge on any atom is -0.379 e. The lowest BCUT2D eigenvalue weighted by molar-refractivity contribution is -0.122. The molecular weight excluding hydrogens is 308 g/mol. The normalized spacial score (nSPS) is 17.1. The fourth-order valence-electron chi connectivity index (χ4n) is 3.20. The maximum absolute atomic E-state index is 12.4. The maximum atomic E-state index is 12.4. The number of benzene rings is 1. The summed E-state index contributed by atoms with van der Waals surface area (Å²) < 4.78 is 8.42. The monoisotopic (exact) mass is 332 g/mol. The second-order valence-electron chi connectivity index (χ2n) is 6.30. The molecule has 1 saturated heterocycles. The topological polar surface area (TPSA) is 68.5 Å². The first-order valence-corrected chi connectivity index (χ1v) is 8.30. The number of imidazole rings is 1. The Labute approximate surface area is 140 Å². The van der Waals surface area contributed by atoms with E-state index in [-0.39, 0.29) is 24.2 Å². The number of nitrogens with one attached hydrogen (secondary N) is 1. The average Bonchev–Trinajstić information content (AvgIpc) is 2.81. The van der Waals surface area contributed by atoms with E-state index >= 15 is 0 Å². The molecule has 7 heteroatoms. The van der Waals surface area contributed by atoms with Crippen molar-refractivity contribution in [3.05, 3.63) is 34.7 Å². The zero-order valence-corrected chi connectivity index (χ0v) is 14.2. The average molecular weight is 332 g/mol. The Hall–Kier alpha value is -2.12. The molecule has 7 nitrogen and oxygen atoms in total. The second-order valence-corrected chi connectivity index (χ2v) is 6.30. The SMILES string of the molecule is CC(CN1CCOCC1)NC(=O)Cn1c(=O)n(C)c2ccccc21. The van der Waals surface area contributed by atoms with Crippen LogP contribution in [0.15, 0.2) is 29.1 Å². The molecule has 1 amide bonds. The number of carbonyl (C=O) groups excluding carboxylic acids is 1. The van der Waals surface area contributed by atoms with Crippen molar-refractivity contribution in [2.24, 2.45) is 7.05 Å². The van der Waals surface area contributed by atoms with Crippen LogP contribution in [0.3, 0.4) is 0 Å². The van der Waals surface area contributed by atoms with Gasteiger partial charge in [-0.1, -0.05) is 12.1 Å². The van der Waals surface area contributed by atoms with Gasteiger partial charge in [-0.15, -0.1) is 0 Å². The standard InChI is InChI=1S/C17H24N4O3/c1-13(11-20-7-9-24-10-8-20)18-16(22)12-21-15-6-4-3-5-14(15)19(2)17(21)23/h3-6,13H,7-12H2,1-2H3,(H,18,22). The lowest BCUT2D eigenvalue weighted by Crippen LogP contribution is -2.47. The predicted molar refractivity (Wildman–Crippen MR) is 92.0 cm³/mol. The Morgan fingerprint density at radius 3 is 2.62 bits per heavy atom. The highest BCUT2D eigenvalue weighted by molar-refractivity contribution is 5.81. The van der Waals surface area contributed by atoms with Crippen molar-refractivity contribution in [1.29, 1.82) is 0 Å². The zero-order chi connectivity index (χ0) is 17.1. The fraction of sp³-hybridized carbons (Fsp3) is 0.529. The Kier molecular flexibility index (Phi) is 5.01. The molecule has 0 spiro atoms. The summed E-state index contributed by atoms with van der Waals surface area (Å²) in [6.07, 6.45) is 0. The summed E-state index contributed by atoms with van der Waals surface area (Å²) in [5.74, 6) is -0.144. The first-order valence-electron chi connectivity index (χ1n) is 8.30. The summed E-state index contributed by atoms with van der Waals surface area (Å²) in [6, 6.07) is 7.53. The van der Waals surface area contributed by atoms with Crippen LogP contribution in [0.4, 0.5) is 0 Å². The molecular formula is C17H24N4O3. The van der Waals surface area contributed by atoms with Crippen LogP contribution in [0.1, 0.15) is 6.92 Å². The molecule has 1 N–H and O–H groups in total. The highest BCUT2D eigenvalue weighted by Gasteiger charge is 2.17. The third-order valence-electron chi connectivity index (χ3n) is 4.40. The van der Waals surface area contributed by atoms with Crippen molar-refractivity contribution in [1.82, 2.24) is 19.4 Å². The Bertz CT molecular complexity index is 774. The van der Waals surface area contributed by atoms with Crippen molar-refractivity contribution < 1.29 is 9.53 Å². The van der Waals surface area contributed by atoms with Crippen LogP contribution < -0.4 is 11.0 Å². The van der Waals surface area contributed by atoms with Gasteiger partial charge in [0.25, 0.3) is 0 Å². The summed E-state index contributed by atoms with van der Waals surface area (Å²) in [4.78, 5) is 27.0. The van der Waals surface area contributed by atoms with E-state index in [1.165, 1.54) is 4.57 Å². The van der Waals surface area contributed by atoms with Crippen molar-refractivity contribution in [3.8, 4) is 0 Å². The quantitative estimate of drug-likeness (QED) is 0.848. The Morgan fingerprint density at radius 1 is 1.25 bits per heavy atom. The molecule has 1 aliphatic heterocycles. The van der Waals surface area contributed by atoms with Gasteiger partial charge in [0.1, 0.15) is 6.54 Å². The van der Waals surface area contributed by atoms with Gasteiger partial charge in [-0.25, -0.2) is 4.79 Å². The number of nitrogens with zero attached hydrogens (tertiary/aromatic N) is 3. The highest BCUT2D eigenvalue weighted by atomic mass is 16.5. The maximum Gasteiger partial charge on any atom is 0.329 e. The largest absolute Gasteiger partial charge is 0.379 e. The number of aryl methyl sites for hydroxylation is 1. The molecule has 0 bridgehead atoms. The van der Waals surface area contributed by atoms with Gasteiger partial charge < -0.3 is 10.1 Å². The van der Waals surface area contributed by atoms with E-state index in [2.05, 4.69) is 10.2 Å². The van der Waals surface area contributed by atoms with Crippen LogP contribution in [0.5, 0.6) is 0 Å². The molecule has 0 saturated carbocycles. The van der Waals surface area contributed by atoms with Crippen molar-refractivity contribution >= 4 is 16.9 Å². The van der Waals surface area contributed by atoms with Crippen LogP contribution in [0.25, 0.3) is 11.0 Å². The molecule has 2 heterocycles. The number of amides is 1. The zero-order valence-electron chi connectivity index (χ0n) is 14.2. The van der Waals surface area contributed by atoms with Gasteiger partial charge in [0.15, 0.2) is 0 Å². The first-order chi connectivity index (χ1) is 11.6. The van der Waals surface area contributed by atoms with E-state index in [1.807, 2.05) is 31.2 Å². The van der Waals surface area contributed by atoms with Gasteiger partial charge in [0, 0.05) is 32.7 Å². The lowest BCUT2D eigenvalue weighted by atomic mass is 10.2. The molecule has 1 unspecified atom stereocenters. The smallest absolute Gasteiger partial charge is 0.329 e. The van der Waals surface area contributed by atoms with E-state index in [0.29, 0.717) is 0 Å². The fourth-order valence-corrected chi connectivity index (χ4v) is 3.20. The number of ether oxygens (including phenoxy) is 1. The minimum absolute atomic E-state index is 0.0290. The van der Waals surface area contributed by atoms with E-state index < -0.39 is 0 Å². The van der Waals surface area contributed by atoms with Crippen molar-refractivity contribution in [2.75, 3.05) is 32.8 Å². The molecule has 1 atom stereocenters. The Morgan fingerprint density at radius 2 is 1.92 bits per heavy atom. The summed E-state index contributed by atoms with van der Waals surface area (Å²) in [7, 11) is 1.72. The van der Waals surface area contributed by atoms with Crippen LogP contribution in [-0.2, 0) is 23.1 Å². The first kappa shape index (κ1) is 16.7. The van der Waals surface area contributed by atoms with Crippen molar-refractivity contribution in [2.45, 2.75) is 19.5 Å². The third kappa shape index (κ3) is 3.52. The molecule has 130 valence electrons. The number of hydrogen-bond donors (Lipinski definition) is 1. The molecule has 3 rings (SSSR count). The summed E-state index contributed by atoms with van der Waals surface area (Å²) in [5, 5.41) is 2.99. The van der Waals surface area contributed by atoms with E-state index in [9.17, 15) is 9.59 Å². The number of carbonyl (C=O) groups is 1.